The van der Waals surface area contributed by atoms with Gasteiger partial charge in [0.2, 0.25) is 0 Å². The summed E-state index contributed by atoms with van der Waals surface area (Å²) >= 11 is 0. The van der Waals surface area contributed by atoms with Crippen molar-refractivity contribution in [1.82, 2.24) is 9.88 Å². The Kier molecular flexibility index (Phi) is 7.58. The third-order valence-electron chi connectivity index (χ3n) is 6.67. The number of aromatic nitrogens is 1. The molecule has 2 aliphatic heterocycles. The molecule has 1 fully saturated rings. The number of Topliss-reactive ketones (excluding diaryl/α,β-unsaturated/α-hetero) is 1. The van der Waals surface area contributed by atoms with E-state index in [2.05, 4.69) is 11.9 Å². The summed E-state index contributed by atoms with van der Waals surface area (Å²) in [6, 6.07) is 15.1. The highest BCUT2D eigenvalue weighted by Gasteiger charge is 2.46. The normalized spacial score (nSPS) is 18.0. The number of unbranched alkanes of at least 4 members (excludes halogenated alkanes) is 2. The number of hydrogen-bond acceptors (Lipinski definition) is 7. The first-order chi connectivity index (χ1) is 18.6. The minimum atomic E-state index is -0.787. The molecule has 3 heterocycles. The van der Waals surface area contributed by atoms with Gasteiger partial charge < -0.3 is 24.2 Å². The first-order valence-electron chi connectivity index (χ1n) is 12.9. The van der Waals surface area contributed by atoms with Crippen LogP contribution in [0.4, 0.5) is 0 Å². The number of rotatable bonds is 9. The van der Waals surface area contributed by atoms with Crippen LogP contribution in [-0.4, -0.2) is 46.5 Å². The number of aliphatic hydroxyl groups is 1. The third kappa shape index (κ3) is 5.20. The second-order valence-electron chi connectivity index (χ2n) is 9.27. The summed E-state index contributed by atoms with van der Waals surface area (Å²) in [6.07, 6.45) is 6.46. The van der Waals surface area contributed by atoms with E-state index in [1.807, 2.05) is 24.3 Å². The van der Waals surface area contributed by atoms with Crippen molar-refractivity contribution in [3.05, 3.63) is 89.3 Å². The zero-order chi connectivity index (χ0) is 26.5. The second kappa shape index (κ2) is 11.4. The molecule has 0 radical (unpaired) electrons. The average molecular weight is 515 g/mol. The Morgan fingerprint density at radius 1 is 1.00 bits per heavy atom. The first kappa shape index (κ1) is 25.3. The summed E-state index contributed by atoms with van der Waals surface area (Å²) in [7, 11) is 0. The smallest absolute Gasteiger partial charge is 0.295 e. The molecule has 0 spiro atoms. The Labute approximate surface area is 221 Å². The highest BCUT2D eigenvalue weighted by molar-refractivity contribution is 6.46. The van der Waals surface area contributed by atoms with E-state index in [1.165, 1.54) is 4.90 Å². The number of amides is 1. The van der Waals surface area contributed by atoms with E-state index in [4.69, 9.17) is 14.2 Å². The summed E-state index contributed by atoms with van der Waals surface area (Å²) < 4.78 is 17.1. The summed E-state index contributed by atoms with van der Waals surface area (Å²) in [5.74, 6) is 0.0804. The fraction of sp³-hybridized carbons (Fsp3) is 0.300. The van der Waals surface area contributed by atoms with Crippen molar-refractivity contribution in [2.75, 3.05) is 19.8 Å². The number of hydrogen-bond donors (Lipinski definition) is 1. The van der Waals surface area contributed by atoms with Crippen molar-refractivity contribution in [3.63, 3.8) is 0 Å². The van der Waals surface area contributed by atoms with Gasteiger partial charge in [-0.1, -0.05) is 31.9 Å². The van der Waals surface area contributed by atoms with Crippen molar-refractivity contribution >= 4 is 17.4 Å². The Balaban J connectivity index is 1.53. The Bertz CT molecular complexity index is 1340. The summed E-state index contributed by atoms with van der Waals surface area (Å²) in [4.78, 5) is 32.2. The molecule has 0 bridgehead atoms. The van der Waals surface area contributed by atoms with Crippen molar-refractivity contribution < 1.29 is 28.9 Å². The molecule has 1 amide bonds. The van der Waals surface area contributed by atoms with E-state index in [9.17, 15) is 14.7 Å². The molecule has 1 N–H and O–H groups in total. The molecule has 1 unspecified atom stereocenters. The number of benzene rings is 2. The van der Waals surface area contributed by atoms with Crippen molar-refractivity contribution in [3.8, 4) is 17.2 Å². The van der Waals surface area contributed by atoms with E-state index in [-0.39, 0.29) is 17.9 Å². The molecule has 8 heteroatoms. The molecule has 5 rings (SSSR count). The van der Waals surface area contributed by atoms with E-state index >= 15 is 0 Å². The van der Waals surface area contributed by atoms with Crippen LogP contribution in [0.3, 0.4) is 0 Å². The molecular formula is C30H30N2O6. The molecule has 2 aromatic carbocycles. The molecule has 196 valence electrons. The Morgan fingerprint density at radius 3 is 2.47 bits per heavy atom. The average Bonchev–Trinajstić information content (AvgIpc) is 3.20. The molecule has 1 aromatic heterocycles. The highest BCUT2D eigenvalue weighted by Crippen LogP contribution is 2.42. The van der Waals surface area contributed by atoms with Gasteiger partial charge in [0.15, 0.2) is 11.5 Å². The monoisotopic (exact) mass is 514 g/mol. The van der Waals surface area contributed by atoms with Gasteiger partial charge in [-0.25, -0.2) is 0 Å². The lowest BCUT2D eigenvalue weighted by Gasteiger charge is -2.26. The maximum Gasteiger partial charge on any atom is 0.295 e. The molecular weight excluding hydrogens is 484 g/mol. The molecule has 0 aliphatic carbocycles. The zero-order valence-corrected chi connectivity index (χ0v) is 21.3. The minimum Gasteiger partial charge on any atom is -0.507 e. The van der Waals surface area contributed by atoms with Gasteiger partial charge in [0.25, 0.3) is 11.7 Å². The van der Waals surface area contributed by atoms with Crippen LogP contribution >= 0.6 is 0 Å². The Morgan fingerprint density at radius 2 is 1.74 bits per heavy atom. The van der Waals surface area contributed by atoms with Crippen molar-refractivity contribution in [2.45, 2.75) is 38.8 Å². The number of nitrogens with zero attached hydrogens (tertiary/aromatic N) is 2. The van der Waals surface area contributed by atoms with E-state index in [0.717, 1.165) is 24.8 Å². The Hall–Kier alpha value is -4.33. The molecule has 2 aliphatic rings. The number of ether oxygens (including phenoxy) is 3. The molecule has 0 saturated carbocycles. The fourth-order valence-corrected chi connectivity index (χ4v) is 4.71. The molecule has 8 nitrogen and oxygen atoms in total. The number of carbonyl (C=O) groups is 2. The van der Waals surface area contributed by atoms with E-state index in [0.29, 0.717) is 48.2 Å². The van der Waals surface area contributed by atoms with E-state index in [1.54, 1.807) is 42.7 Å². The summed E-state index contributed by atoms with van der Waals surface area (Å²) in [5, 5.41) is 11.4. The fourth-order valence-electron chi connectivity index (χ4n) is 4.71. The van der Waals surface area contributed by atoms with Crippen LogP contribution < -0.4 is 14.2 Å². The largest absolute Gasteiger partial charge is 0.507 e. The highest BCUT2D eigenvalue weighted by atomic mass is 16.6. The lowest BCUT2D eigenvalue weighted by Crippen LogP contribution is -2.29. The number of likely N-dealkylation sites (tertiary alicyclic amines) is 1. The van der Waals surface area contributed by atoms with Gasteiger partial charge in [-0.3, -0.25) is 14.6 Å². The maximum absolute atomic E-state index is 13.4. The quantitative estimate of drug-likeness (QED) is 0.185. The maximum atomic E-state index is 13.4. The third-order valence-corrected chi connectivity index (χ3v) is 6.67. The molecule has 1 atom stereocenters. The number of pyridine rings is 1. The van der Waals surface area contributed by atoms with Crippen LogP contribution in [0.1, 0.15) is 48.9 Å². The number of fused-ring (bicyclic) bond motifs is 1. The van der Waals surface area contributed by atoms with Crippen LogP contribution in [0.2, 0.25) is 0 Å². The molecule has 3 aromatic rings. The zero-order valence-electron chi connectivity index (χ0n) is 21.3. The van der Waals surface area contributed by atoms with Gasteiger partial charge >= 0.3 is 0 Å². The predicted octanol–water partition coefficient (Wildman–Crippen LogP) is 5.04. The van der Waals surface area contributed by atoms with Gasteiger partial charge in [0.05, 0.1) is 18.2 Å². The number of aliphatic hydroxyl groups excluding tert-OH is 1. The van der Waals surface area contributed by atoms with Gasteiger partial charge in [-0.2, -0.15) is 0 Å². The lowest BCUT2D eigenvalue weighted by atomic mass is 9.95. The van der Waals surface area contributed by atoms with Gasteiger partial charge in [0, 0.05) is 24.5 Å². The molecule has 38 heavy (non-hydrogen) atoms. The van der Waals surface area contributed by atoms with Gasteiger partial charge in [0.1, 0.15) is 24.7 Å². The van der Waals surface area contributed by atoms with Crippen LogP contribution in [-0.2, 0) is 16.1 Å². The van der Waals surface area contributed by atoms with E-state index < -0.39 is 17.7 Å². The number of carbonyl (C=O) groups excluding carboxylic acids is 2. The first-order valence-corrected chi connectivity index (χ1v) is 12.9. The number of ketones is 1. The van der Waals surface area contributed by atoms with Crippen LogP contribution in [0.25, 0.3) is 5.76 Å². The van der Waals surface area contributed by atoms with Crippen LogP contribution in [0, 0.1) is 0 Å². The SMILES string of the molecule is CCCCCOc1ccc(C2/C(=C(/O)c3ccc4c(c3)OCCO4)C(=O)C(=O)N2Cc2ccncc2)cc1. The minimum absolute atomic E-state index is 0.0253. The molecule has 1 saturated heterocycles. The van der Waals surface area contributed by atoms with Gasteiger partial charge in [-0.15, -0.1) is 0 Å². The van der Waals surface area contributed by atoms with Crippen molar-refractivity contribution in [1.29, 1.82) is 0 Å². The van der Waals surface area contributed by atoms with Gasteiger partial charge in [-0.05, 0) is 60.0 Å². The van der Waals surface area contributed by atoms with Crippen molar-refractivity contribution in [2.24, 2.45) is 0 Å². The summed E-state index contributed by atoms with van der Waals surface area (Å²) in [6.45, 7) is 3.78. The topological polar surface area (TPSA) is 98.2 Å². The standard InChI is InChI=1S/C30H30N2O6/c1-2-3-4-15-36-23-8-5-21(6-9-23)27-26(28(33)22-7-10-24-25(18-22)38-17-16-37-24)29(34)30(35)32(27)19-20-11-13-31-14-12-20/h5-14,18,27,33H,2-4,15-17,19H2,1H3/b28-26-. The summed E-state index contributed by atoms with van der Waals surface area (Å²) in [5.41, 5.74) is 1.91. The second-order valence-corrected chi connectivity index (χ2v) is 9.27. The predicted molar refractivity (Wildman–Crippen MR) is 141 cm³/mol. The van der Waals surface area contributed by atoms with Crippen LogP contribution in [0.15, 0.2) is 72.6 Å². The lowest BCUT2D eigenvalue weighted by molar-refractivity contribution is -0.140. The van der Waals surface area contributed by atoms with Crippen LogP contribution in [0.5, 0.6) is 17.2 Å².